The summed E-state index contributed by atoms with van der Waals surface area (Å²) in [5, 5.41) is 7.03. The zero-order valence-electron chi connectivity index (χ0n) is 30.4. The molecule has 266 valence electrons. The maximum Gasteiger partial charge on any atom is 0.167 e. The van der Waals surface area contributed by atoms with E-state index in [2.05, 4.69) is 120 Å². The second-order valence-corrected chi connectivity index (χ2v) is 15.4. The first-order chi connectivity index (χ1) is 28.3. The zero-order valence-corrected chi connectivity index (χ0v) is 31.2. The van der Waals surface area contributed by atoms with Gasteiger partial charge in [-0.05, 0) is 48.0 Å². The van der Waals surface area contributed by atoms with Gasteiger partial charge in [-0.15, -0.1) is 11.3 Å². The highest BCUT2D eigenvalue weighted by atomic mass is 32.1. The Morgan fingerprint density at radius 3 is 1.58 bits per heavy atom. The minimum atomic E-state index is 0.567. The molecule has 0 unspecified atom stereocenters. The van der Waals surface area contributed by atoms with Crippen LogP contribution in [0.4, 0.5) is 0 Å². The molecule has 0 amide bonds. The fraction of sp³-hybridized carbons (Fsp3) is 0. The van der Waals surface area contributed by atoms with Gasteiger partial charge in [0.25, 0.3) is 0 Å². The molecule has 0 radical (unpaired) electrons. The minimum Gasteiger partial charge on any atom is -0.455 e. The van der Waals surface area contributed by atoms with Crippen molar-refractivity contribution in [3.05, 3.63) is 182 Å². The Labute approximate surface area is 330 Å². The molecule has 6 heteroatoms. The summed E-state index contributed by atoms with van der Waals surface area (Å²) in [5.41, 5.74) is 9.99. The molecular formula is C51H30N4OS. The van der Waals surface area contributed by atoms with Crippen molar-refractivity contribution in [2.45, 2.75) is 0 Å². The van der Waals surface area contributed by atoms with Gasteiger partial charge in [-0.2, -0.15) is 0 Å². The molecule has 0 aliphatic heterocycles. The summed E-state index contributed by atoms with van der Waals surface area (Å²) < 4.78 is 11.9. The number of hydrogen-bond acceptors (Lipinski definition) is 5. The number of benzene rings is 8. The van der Waals surface area contributed by atoms with Gasteiger partial charge < -0.3 is 8.98 Å². The van der Waals surface area contributed by atoms with Crippen molar-refractivity contribution in [1.82, 2.24) is 19.5 Å². The molecule has 57 heavy (non-hydrogen) atoms. The van der Waals surface area contributed by atoms with E-state index in [0.717, 1.165) is 55.4 Å². The number of para-hydroxylation sites is 4. The number of rotatable bonds is 5. The Hall–Kier alpha value is -7.41. The van der Waals surface area contributed by atoms with Crippen molar-refractivity contribution in [2.75, 3.05) is 0 Å². The summed E-state index contributed by atoms with van der Waals surface area (Å²) in [6.45, 7) is 0. The highest BCUT2D eigenvalue weighted by Gasteiger charge is 2.21. The fourth-order valence-electron chi connectivity index (χ4n) is 8.52. The standard InChI is InChI=1S/C51H30N4OS/c1-3-14-31(15-4-1)49-52-50(32-16-5-2-6-17-32)54-51(53-49)40-24-12-23-39-38-22-11-21-37(47(38)56-48(39)40)36-20-13-27-45-46(36)41-30-33(28-29-44(41)57-45)55-42-25-9-7-18-34(42)35-19-8-10-26-43(35)55/h1-30H. The lowest BCUT2D eigenvalue weighted by molar-refractivity contribution is 0.670. The molecule has 4 heterocycles. The lowest BCUT2D eigenvalue weighted by Gasteiger charge is -2.09. The highest BCUT2D eigenvalue weighted by molar-refractivity contribution is 7.26. The van der Waals surface area contributed by atoms with Gasteiger partial charge in [0.05, 0.1) is 16.6 Å². The summed E-state index contributed by atoms with van der Waals surface area (Å²) in [6.07, 6.45) is 0. The van der Waals surface area contributed by atoms with Gasteiger partial charge in [-0.1, -0.05) is 140 Å². The largest absolute Gasteiger partial charge is 0.455 e. The number of hydrogen-bond donors (Lipinski definition) is 0. The molecule has 0 atom stereocenters. The summed E-state index contributed by atoms with van der Waals surface area (Å²) in [6, 6.07) is 63.7. The third kappa shape index (κ3) is 4.98. The van der Waals surface area contributed by atoms with Crippen molar-refractivity contribution in [3.8, 4) is 51.0 Å². The molecule has 0 fully saturated rings. The van der Waals surface area contributed by atoms with Gasteiger partial charge in [-0.3, -0.25) is 0 Å². The van der Waals surface area contributed by atoms with E-state index in [0.29, 0.717) is 17.5 Å². The molecule has 0 saturated carbocycles. The SMILES string of the molecule is c1ccc(-c2nc(-c3ccccc3)nc(-c3cccc4c3oc3c(-c5cccc6sc7ccc(-n8c9ccccc9c9ccccc98)cc7c56)cccc34)n2)cc1. The lowest BCUT2D eigenvalue weighted by Crippen LogP contribution is -2.00. The van der Waals surface area contributed by atoms with Crippen LogP contribution in [0.1, 0.15) is 0 Å². The topological polar surface area (TPSA) is 56.7 Å². The third-order valence-electron chi connectivity index (χ3n) is 11.1. The van der Waals surface area contributed by atoms with Gasteiger partial charge in [-0.25, -0.2) is 15.0 Å². The van der Waals surface area contributed by atoms with Crippen LogP contribution in [0.3, 0.4) is 0 Å². The number of thiophene rings is 1. The normalized spacial score (nSPS) is 11.9. The number of nitrogens with zero attached hydrogens (tertiary/aromatic N) is 4. The van der Waals surface area contributed by atoms with Crippen LogP contribution in [0.2, 0.25) is 0 Å². The highest BCUT2D eigenvalue weighted by Crippen LogP contribution is 2.45. The van der Waals surface area contributed by atoms with E-state index in [1.807, 2.05) is 78.1 Å². The Balaban J connectivity index is 1.07. The van der Waals surface area contributed by atoms with Crippen molar-refractivity contribution in [1.29, 1.82) is 0 Å². The second kappa shape index (κ2) is 12.6. The molecule has 0 spiro atoms. The van der Waals surface area contributed by atoms with Crippen LogP contribution in [0, 0.1) is 0 Å². The van der Waals surface area contributed by atoms with E-state index in [1.165, 1.54) is 42.0 Å². The average Bonchev–Trinajstić information content (AvgIpc) is 3.96. The van der Waals surface area contributed by atoms with Crippen LogP contribution in [-0.2, 0) is 0 Å². The molecule has 8 aromatic carbocycles. The monoisotopic (exact) mass is 746 g/mol. The predicted molar refractivity (Wildman–Crippen MR) is 236 cm³/mol. The molecular weight excluding hydrogens is 717 g/mol. The fourth-order valence-corrected chi connectivity index (χ4v) is 9.63. The first-order valence-electron chi connectivity index (χ1n) is 19.0. The molecule has 4 aromatic heterocycles. The van der Waals surface area contributed by atoms with Crippen molar-refractivity contribution >= 4 is 75.3 Å². The lowest BCUT2D eigenvalue weighted by atomic mass is 9.97. The van der Waals surface area contributed by atoms with Crippen molar-refractivity contribution in [2.24, 2.45) is 0 Å². The van der Waals surface area contributed by atoms with E-state index >= 15 is 0 Å². The minimum absolute atomic E-state index is 0.567. The van der Waals surface area contributed by atoms with Gasteiger partial charge in [0, 0.05) is 64.1 Å². The first-order valence-corrected chi connectivity index (χ1v) is 19.8. The van der Waals surface area contributed by atoms with Crippen LogP contribution >= 0.6 is 11.3 Å². The van der Waals surface area contributed by atoms with Gasteiger partial charge in [0.15, 0.2) is 17.5 Å². The van der Waals surface area contributed by atoms with Crippen LogP contribution in [0.15, 0.2) is 186 Å². The molecule has 0 aliphatic rings. The first kappa shape index (κ1) is 31.9. The molecule has 0 N–H and O–H groups in total. The Morgan fingerprint density at radius 1 is 0.386 bits per heavy atom. The Kier molecular flexibility index (Phi) is 7.03. The number of furan rings is 1. The molecule has 0 bridgehead atoms. The Morgan fingerprint density at radius 2 is 0.912 bits per heavy atom. The molecule has 5 nitrogen and oxygen atoms in total. The summed E-state index contributed by atoms with van der Waals surface area (Å²) in [4.78, 5) is 15.0. The van der Waals surface area contributed by atoms with Crippen LogP contribution in [-0.4, -0.2) is 19.5 Å². The van der Waals surface area contributed by atoms with E-state index in [1.54, 1.807) is 0 Å². The van der Waals surface area contributed by atoms with E-state index < -0.39 is 0 Å². The zero-order chi connectivity index (χ0) is 37.5. The molecule has 12 aromatic rings. The van der Waals surface area contributed by atoms with E-state index in [-0.39, 0.29) is 0 Å². The Bertz CT molecular complexity index is 3420. The third-order valence-corrected chi connectivity index (χ3v) is 12.2. The molecule has 0 aliphatic carbocycles. The average molecular weight is 747 g/mol. The van der Waals surface area contributed by atoms with Gasteiger partial charge in [0.2, 0.25) is 0 Å². The molecule has 12 rings (SSSR count). The maximum absolute atomic E-state index is 7.03. The molecule has 0 saturated heterocycles. The van der Waals surface area contributed by atoms with Crippen molar-refractivity contribution < 1.29 is 4.42 Å². The number of aromatic nitrogens is 4. The van der Waals surface area contributed by atoms with Crippen LogP contribution < -0.4 is 0 Å². The van der Waals surface area contributed by atoms with Crippen molar-refractivity contribution in [3.63, 3.8) is 0 Å². The summed E-state index contributed by atoms with van der Waals surface area (Å²) >= 11 is 1.83. The second-order valence-electron chi connectivity index (χ2n) is 14.3. The van der Waals surface area contributed by atoms with Gasteiger partial charge in [0.1, 0.15) is 11.2 Å². The van der Waals surface area contributed by atoms with Crippen LogP contribution in [0.5, 0.6) is 0 Å². The smallest absolute Gasteiger partial charge is 0.167 e. The summed E-state index contributed by atoms with van der Waals surface area (Å²) in [5.74, 6) is 1.80. The van der Waals surface area contributed by atoms with E-state index in [9.17, 15) is 0 Å². The quantitative estimate of drug-likeness (QED) is 0.176. The predicted octanol–water partition coefficient (Wildman–Crippen LogP) is 13.9. The maximum atomic E-state index is 7.03. The van der Waals surface area contributed by atoms with Gasteiger partial charge >= 0.3 is 0 Å². The van der Waals surface area contributed by atoms with Crippen LogP contribution in [0.25, 0.3) is 115 Å². The van der Waals surface area contributed by atoms with E-state index in [4.69, 9.17) is 19.4 Å². The number of fused-ring (bicyclic) bond motifs is 9. The summed E-state index contributed by atoms with van der Waals surface area (Å²) in [7, 11) is 0.